The Hall–Kier alpha value is -2.41. The second kappa shape index (κ2) is 5.76. The monoisotopic (exact) mass is 317 g/mol. The van der Waals surface area contributed by atoms with Gasteiger partial charge in [-0.15, -0.1) is 0 Å². The lowest BCUT2D eigenvalue weighted by Crippen LogP contribution is -2.25. The van der Waals surface area contributed by atoms with E-state index < -0.39 is 10.0 Å². The van der Waals surface area contributed by atoms with Gasteiger partial charge in [-0.25, -0.2) is 8.42 Å². The van der Waals surface area contributed by atoms with Crippen molar-refractivity contribution in [1.29, 1.82) is 0 Å². The smallest absolute Gasteiger partial charge is 0.274 e. The summed E-state index contributed by atoms with van der Waals surface area (Å²) >= 11 is 0. The lowest BCUT2D eigenvalue weighted by molar-refractivity contribution is 0.102. The van der Waals surface area contributed by atoms with Crippen molar-refractivity contribution in [1.82, 2.24) is 4.98 Å². The number of nitrogens with zero attached hydrogens (tertiary/aromatic N) is 2. The molecule has 1 saturated heterocycles. The SMILES string of the molecule is O=C(Nc1ccc(N2CCCS2(=O)=O)cc1)c1ccccn1. The largest absolute Gasteiger partial charge is 0.321 e. The van der Waals surface area contributed by atoms with Crippen LogP contribution in [0.1, 0.15) is 16.9 Å². The summed E-state index contributed by atoms with van der Waals surface area (Å²) in [6, 6.07) is 11.9. The standard InChI is InChI=1S/C15H15N3O3S/c19-15(14-4-1-2-9-16-14)17-12-5-7-13(8-6-12)18-10-3-11-22(18,20)21/h1-2,4-9H,3,10-11H2,(H,17,19). The summed E-state index contributed by atoms with van der Waals surface area (Å²) in [4.78, 5) is 16.0. The first-order chi connectivity index (χ1) is 10.6. The lowest BCUT2D eigenvalue weighted by Gasteiger charge is -2.17. The molecule has 0 atom stereocenters. The van der Waals surface area contributed by atoms with E-state index in [1.165, 1.54) is 4.31 Å². The molecule has 1 aliphatic rings. The van der Waals surface area contributed by atoms with E-state index in [9.17, 15) is 13.2 Å². The normalized spacial score (nSPS) is 16.5. The highest BCUT2D eigenvalue weighted by Gasteiger charge is 2.28. The zero-order valence-electron chi connectivity index (χ0n) is 11.8. The van der Waals surface area contributed by atoms with Gasteiger partial charge in [0.05, 0.1) is 11.4 Å². The maximum atomic E-state index is 12.0. The first-order valence-electron chi connectivity index (χ1n) is 6.89. The van der Waals surface area contributed by atoms with E-state index in [0.717, 1.165) is 0 Å². The minimum atomic E-state index is -3.18. The van der Waals surface area contributed by atoms with Gasteiger partial charge in [0.2, 0.25) is 10.0 Å². The van der Waals surface area contributed by atoms with E-state index in [2.05, 4.69) is 10.3 Å². The zero-order chi connectivity index (χ0) is 15.6. The number of carbonyl (C=O) groups excluding carboxylic acids is 1. The number of benzene rings is 1. The van der Waals surface area contributed by atoms with Crippen molar-refractivity contribution < 1.29 is 13.2 Å². The predicted molar refractivity (Wildman–Crippen MR) is 84.4 cm³/mol. The van der Waals surface area contributed by atoms with Gasteiger partial charge in [0.15, 0.2) is 0 Å². The molecule has 1 amide bonds. The van der Waals surface area contributed by atoms with Crippen molar-refractivity contribution in [3.63, 3.8) is 0 Å². The van der Waals surface area contributed by atoms with Crippen LogP contribution in [0.4, 0.5) is 11.4 Å². The Morgan fingerprint density at radius 2 is 1.91 bits per heavy atom. The Morgan fingerprint density at radius 3 is 2.50 bits per heavy atom. The van der Waals surface area contributed by atoms with Crippen molar-refractivity contribution in [2.24, 2.45) is 0 Å². The number of hydrogen-bond acceptors (Lipinski definition) is 4. The van der Waals surface area contributed by atoms with Crippen LogP contribution in [0.15, 0.2) is 48.7 Å². The van der Waals surface area contributed by atoms with Crippen LogP contribution in [-0.2, 0) is 10.0 Å². The van der Waals surface area contributed by atoms with Crippen LogP contribution in [0.3, 0.4) is 0 Å². The average molecular weight is 317 g/mol. The lowest BCUT2D eigenvalue weighted by atomic mass is 10.2. The van der Waals surface area contributed by atoms with Crippen LogP contribution in [0.2, 0.25) is 0 Å². The molecule has 0 spiro atoms. The molecule has 1 aliphatic heterocycles. The maximum absolute atomic E-state index is 12.0. The first-order valence-corrected chi connectivity index (χ1v) is 8.50. The van der Waals surface area contributed by atoms with Crippen molar-refractivity contribution in [2.75, 3.05) is 21.9 Å². The summed E-state index contributed by atoms with van der Waals surface area (Å²) in [5.41, 5.74) is 1.54. The Labute approximate surface area is 128 Å². The van der Waals surface area contributed by atoms with Crippen LogP contribution >= 0.6 is 0 Å². The Kier molecular flexibility index (Phi) is 3.81. The molecule has 1 aromatic carbocycles. The summed E-state index contributed by atoms with van der Waals surface area (Å²) in [5.74, 6) is -0.118. The average Bonchev–Trinajstić information content (AvgIpc) is 2.88. The van der Waals surface area contributed by atoms with Gasteiger partial charge in [-0.1, -0.05) is 6.07 Å². The van der Waals surface area contributed by atoms with Gasteiger partial charge >= 0.3 is 0 Å². The Bertz CT molecular complexity index is 773. The molecule has 2 heterocycles. The molecule has 0 bridgehead atoms. The van der Waals surface area contributed by atoms with Gasteiger partial charge in [0, 0.05) is 18.4 Å². The molecule has 6 nitrogen and oxygen atoms in total. The molecule has 1 aromatic heterocycles. The minimum Gasteiger partial charge on any atom is -0.321 e. The topological polar surface area (TPSA) is 79.4 Å². The number of pyridine rings is 1. The molecular formula is C15H15N3O3S. The van der Waals surface area contributed by atoms with E-state index in [4.69, 9.17) is 0 Å². The third kappa shape index (κ3) is 2.94. The molecule has 7 heteroatoms. The molecule has 1 fully saturated rings. The molecule has 1 N–H and O–H groups in total. The molecule has 0 radical (unpaired) electrons. The zero-order valence-corrected chi connectivity index (χ0v) is 12.6. The number of carbonyl (C=O) groups is 1. The molecule has 114 valence electrons. The van der Waals surface area contributed by atoms with Crippen LogP contribution < -0.4 is 9.62 Å². The van der Waals surface area contributed by atoms with Gasteiger partial charge in [0.1, 0.15) is 5.69 Å². The first kappa shape index (κ1) is 14.5. The van der Waals surface area contributed by atoms with E-state index in [1.807, 2.05) is 0 Å². The summed E-state index contributed by atoms with van der Waals surface area (Å²) in [5, 5.41) is 2.73. The third-order valence-corrected chi connectivity index (χ3v) is 5.28. The molecule has 0 unspecified atom stereocenters. The molecule has 0 saturated carbocycles. The van der Waals surface area contributed by atoms with Gasteiger partial charge in [-0.2, -0.15) is 0 Å². The summed E-state index contributed by atoms with van der Waals surface area (Å²) in [6.07, 6.45) is 2.19. The van der Waals surface area contributed by atoms with Crippen molar-refractivity contribution in [3.8, 4) is 0 Å². The highest BCUT2D eigenvalue weighted by molar-refractivity contribution is 7.93. The van der Waals surface area contributed by atoms with Gasteiger partial charge in [-0.05, 0) is 42.8 Å². The molecular weight excluding hydrogens is 302 g/mol. The summed E-state index contributed by atoms with van der Waals surface area (Å²) < 4.78 is 25.1. The molecule has 22 heavy (non-hydrogen) atoms. The number of rotatable bonds is 3. The van der Waals surface area contributed by atoms with Crippen molar-refractivity contribution >= 4 is 27.3 Å². The highest BCUT2D eigenvalue weighted by Crippen LogP contribution is 2.25. The fourth-order valence-electron chi connectivity index (χ4n) is 2.33. The van der Waals surface area contributed by atoms with Gasteiger partial charge < -0.3 is 5.32 Å². The second-order valence-corrected chi connectivity index (χ2v) is 6.97. The van der Waals surface area contributed by atoms with Gasteiger partial charge in [0.25, 0.3) is 5.91 Å². The molecule has 3 rings (SSSR count). The highest BCUT2D eigenvalue weighted by atomic mass is 32.2. The van der Waals surface area contributed by atoms with Crippen molar-refractivity contribution in [3.05, 3.63) is 54.4 Å². The second-order valence-electron chi connectivity index (χ2n) is 4.96. The Balaban J connectivity index is 1.74. The van der Waals surface area contributed by atoms with Crippen LogP contribution in [0.25, 0.3) is 0 Å². The summed E-state index contributed by atoms with van der Waals surface area (Å²) in [7, 11) is -3.18. The predicted octanol–water partition coefficient (Wildman–Crippen LogP) is 1.87. The number of amides is 1. The van der Waals surface area contributed by atoms with E-state index >= 15 is 0 Å². The van der Waals surface area contributed by atoms with E-state index in [0.29, 0.717) is 30.0 Å². The fourth-order valence-corrected chi connectivity index (χ4v) is 3.90. The third-order valence-electron chi connectivity index (χ3n) is 3.41. The summed E-state index contributed by atoms with van der Waals surface area (Å²) in [6.45, 7) is 0.502. The number of aromatic nitrogens is 1. The van der Waals surface area contributed by atoms with E-state index in [1.54, 1.807) is 48.7 Å². The maximum Gasteiger partial charge on any atom is 0.274 e. The molecule has 0 aliphatic carbocycles. The number of sulfonamides is 1. The fraction of sp³-hybridized carbons (Fsp3) is 0.200. The van der Waals surface area contributed by atoms with Crippen molar-refractivity contribution in [2.45, 2.75) is 6.42 Å². The quantitative estimate of drug-likeness (QED) is 0.937. The number of hydrogen-bond donors (Lipinski definition) is 1. The number of nitrogens with one attached hydrogen (secondary N) is 1. The van der Waals surface area contributed by atoms with Gasteiger partial charge in [-0.3, -0.25) is 14.1 Å². The molecule has 2 aromatic rings. The van der Waals surface area contributed by atoms with Crippen LogP contribution in [0.5, 0.6) is 0 Å². The van der Waals surface area contributed by atoms with Crippen LogP contribution in [-0.4, -0.2) is 31.6 Å². The van der Waals surface area contributed by atoms with Crippen LogP contribution in [0, 0.1) is 0 Å². The van der Waals surface area contributed by atoms with E-state index in [-0.39, 0.29) is 11.7 Å². The minimum absolute atomic E-state index is 0.186. The number of anilines is 2. The Morgan fingerprint density at radius 1 is 1.14 bits per heavy atom.